The van der Waals surface area contributed by atoms with E-state index in [0.29, 0.717) is 11.3 Å². The van der Waals surface area contributed by atoms with Crippen LogP contribution < -0.4 is 5.32 Å². The molecule has 0 aliphatic carbocycles. The number of likely N-dealkylation sites (N-methyl/N-ethyl adjacent to an activating group) is 1. The number of hydrogen-bond donors (Lipinski definition) is 2. The van der Waals surface area contributed by atoms with Gasteiger partial charge in [0, 0.05) is 19.5 Å². The Labute approximate surface area is 135 Å². The highest BCUT2D eigenvalue weighted by molar-refractivity contribution is 9.11. The second-order valence-electron chi connectivity index (χ2n) is 4.67. The molecule has 0 bridgehead atoms. The van der Waals surface area contributed by atoms with Crippen molar-refractivity contribution >= 4 is 45.1 Å². The highest BCUT2D eigenvalue weighted by Crippen LogP contribution is 2.22. The average molecular weight is 377 g/mol. The van der Waals surface area contributed by atoms with Crippen molar-refractivity contribution in [1.29, 1.82) is 0 Å². The molecule has 1 unspecified atom stereocenters. The molecule has 1 aromatic heterocycles. The van der Waals surface area contributed by atoms with Crippen molar-refractivity contribution in [3.63, 3.8) is 0 Å². The molecule has 0 saturated heterocycles. The summed E-state index contributed by atoms with van der Waals surface area (Å²) in [4.78, 5) is 36.2. The van der Waals surface area contributed by atoms with Crippen LogP contribution in [0.25, 0.3) is 0 Å². The van der Waals surface area contributed by atoms with E-state index in [4.69, 9.17) is 5.11 Å². The van der Waals surface area contributed by atoms with Crippen molar-refractivity contribution in [2.24, 2.45) is 0 Å². The molecule has 21 heavy (non-hydrogen) atoms. The third-order valence-electron chi connectivity index (χ3n) is 2.71. The number of halogens is 1. The molecule has 1 heterocycles. The summed E-state index contributed by atoms with van der Waals surface area (Å²) >= 11 is 4.59. The standard InChI is InChI=1S/C13H17BrN2O4S/c1-8(3-6-12(18)19)15-11(17)7-16(2)13(20)9-4-5-10(14)21-9/h4-5,8H,3,6-7H2,1-2H3,(H,15,17)(H,18,19). The maximum atomic E-state index is 12.1. The predicted molar refractivity (Wildman–Crippen MR) is 83.5 cm³/mol. The molecular formula is C13H17BrN2O4S. The molecule has 0 aliphatic heterocycles. The number of rotatable bonds is 7. The molecule has 0 saturated carbocycles. The summed E-state index contributed by atoms with van der Waals surface area (Å²) in [6.07, 6.45) is 0.357. The SMILES string of the molecule is CC(CCC(=O)O)NC(=O)CN(C)C(=O)c1ccc(Br)s1. The lowest BCUT2D eigenvalue weighted by Crippen LogP contribution is -2.41. The van der Waals surface area contributed by atoms with Gasteiger partial charge in [-0.05, 0) is 41.4 Å². The second-order valence-corrected chi connectivity index (χ2v) is 7.13. The number of thiophene rings is 1. The number of aliphatic carboxylic acids is 1. The molecule has 0 aromatic carbocycles. The molecule has 8 heteroatoms. The Morgan fingerprint density at radius 2 is 2.10 bits per heavy atom. The Balaban J connectivity index is 2.43. The van der Waals surface area contributed by atoms with E-state index in [1.165, 1.54) is 16.2 Å². The number of carbonyl (C=O) groups excluding carboxylic acids is 2. The molecule has 0 fully saturated rings. The van der Waals surface area contributed by atoms with E-state index >= 15 is 0 Å². The molecule has 2 amide bonds. The number of hydrogen-bond acceptors (Lipinski definition) is 4. The van der Waals surface area contributed by atoms with Crippen molar-refractivity contribution in [3.8, 4) is 0 Å². The van der Waals surface area contributed by atoms with Gasteiger partial charge in [0.2, 0.25) is 5.91 Å². The first-order chi connectivity index (χ1) is 9.79. The number of nitrogens with zero attached hydrogens (tertiary/aromatic N) is 1. The number of amides is 2. The Morgan fingerprint density at radius 1 is 1.43 bits per heavy atom. The number of carboxylic acid groups (broad SMARTS) is 1. The van der Waals surface area contributed by atoms with E-state index in [0.717, 1.165) is 3.79 Å². The van der Waals surface area contributed by atoms with Gasteiger partial charge in [0.05, 0.1) is 15.2 Å². The van der Waals surface area contributed by atoms with Crippen molar-refractivity contribution < 1.29 is 19.5 Å². The predicted octanol–water partition coefficient (Wildman–Crippen LogP) is 1.95. The third-order valence-corrected chi connectivity index (χ3v) is 4.32. The first-order valence-electron chi connectivity index (χ1n) is 6.31. The van der Waals surface area contributed by atoms with Crippen LogP contribution in [0.3, 0.4) is 0 Å². The highest BCUT2D eigenvalue weighted by atomic mass is 79.9. The average Bonchev–Trinajstić information content (AvgIpc) is 2.81. The maximum absolute atomic E-state index is 12.1. The van der Waals surface area contributed by atoms with Crippen molar-refractivity contribution in [3.05, 3.63) is 20.8 Å². The molecule has 1 atom stereocenters. The molecule has 116 valence electrons. The molecular weight excluding hydrogens is 360 g/mol. The topological polar surface area (TPSA) is 86.7 Å². The first kappa shape index (κ1) is 17.6. The molecule has 1 aromatic rings. The van der Waals surface area contributed by atoms with E-state index in [1.54, 1.807) is 26.1 Å². The monoisotopic (exact) mass is 376 g/mol. The number of nitrogens with one attached hydrogen (secondary N) is 1. The van der Waals surface area contributed by atoms with Gasteiger partial charge < -0.3 is 15.3 Å². The van der Waals surface area contributed by atoms with Crippen LogP contribution in [0.1, 0.15) is 29.4 Å². The maximum Gasteiger partial charge on any atom is 0.303 e. The fourth-order valence-electron chi connectivity index (χ4n) is 1.64. The highest BCUT2D eigenvalue weighted by Gasteiger charge is 2.17. The van der Waals surface area contributed by atoms with Crippen molar-refractivity contribution in [2.45, 2.75) is 25.8 Å². The summed E-state index contributed by atoms with van der Waals surface area (Å²) in [5.74, 6) is -1.43. The van der Waals surface area contributed by atoms with Gasteiger partial charge in [-0.15, -0.1) is 11.3 Å². The Morgan fingerprint density at radius 3 is 2.62 bits per heavy atom. The van der Waals surface area contributed by atoms with Crippen LogP contribution in [0, 0.1) is 0 Å². The van der Waals surface area contributed by atoms with Gasteiger partial charge in [-0.2, -0.15) is 0 Å². The summed E-state index contributed by atoms with van der Waals surface area (Å²) in [6, 6.07) is 3.23. The van der Waals surface area contributed by atoms with Gasteiger partial charge in [0.15, 0.2) is 0 Å². The molecule has 0 radical (unpaired) electrons. The number of carbonyl (C=O) groups is 3. The normalized spacial score (nSPS) is 11.8. The van der Waals surface area contributed by atoms with Crippen molar-refractivity contribution in [2.75, 3.05) is 13.6 Å². The van der Waals surface area contributed by atoms with Crippen LogP contribution in [0.4, 0.5) is 0 Å². The van der Waals surface area contributed by atoms with Crippen LogP contribution in [-0.4, -0.2) is 47.4 Å². The Bertz CT molecular complexity index is 532. The van der Waals surface area contributed by atoms with Gasteiger partial charge in [0.25, 0.3) is 5.91 Å². The van der Waals surface area contributed by atoms with Crippen LogP contribution in [0.15, 0.2) is 15.9 Å². The zero-order chi connectivity index (χ0) is 16.0. The van der Waals surface area contributed by atoms with Gasteiger partial charge in [-0.3, -0.25) is 14.4 Å². The van der Waals surface area contributed by atoms with E-state index in [9.17, 15) is 14.4 Å². The second kappa shape index (κ2) is 8.14. The molecule has 0 spiro atoms. The fraction of sp³-hybridized carbons (Fsp3) is 0.462. The van der Waals surface area contributed by atoms with Gasteiger partial charge in [-0.25, -0.2) is 0 Å². The summed E-state index contributed by atoms with van der Waals surface area (Å²) in [7, 11) is 1.55. The Kier molecular flexibility index (Phi) is 6.83. The van der Waals surface area contributed by atoms with Crippen LogP contribution >= 0.6 is 27.3 Å². The smallest absolute Gasteiger partial charge is 0.303 e. The van der Waals surface area contributed by atoms with E-state index in [1.807, 2.05) is 0 Å². The number of carboxylic acids is 1. The van der Waals surface area contributed by atoms with Gasteiger partial charge in [-0.1, -0.05) is 0 Å². The minimum atomic E-state index is -0.897. The molecule has 6 nitrogen and oxygen atoms in total. The largest absolute Gasteiger partial charge is 0.481 e. The third kappa shape index (κ3) is 6.26. The molecule has 2 N–H and O–H groups in total. The van der Waals surface area contributed by atoms with E-state index < -0.39 is 5.97 Å². The lowest BCUT2D eigenvalue weighted by molar-refractivity contribution is -0.137. The van der Waals surface area contributed by atoms with Crippen molar-refractivity contribution in [1.82, 2.24) is 10.2 Å². The molecule has 0 aliphatic rings. The molecule has 1 rings (SSSR count). The zero-order valence-corrected chi connectivity index (χ0v) is 14.2. The van der Waals surface area contributed by atoms with Crippen LogP contribution in [-0.2, 0) is 9.59 Å². The summed E-state index contributed by atoms with van der Waals surface area (Å²) in [5.41, 5.74) is 0. The van der Waals surface area contributed by atoms with Gasteiger partial charge in [0.1, 0.15) is 0 Å². The summed E-state index contributed by atoms with van der Waals surface area (Å²) in [5, 5.41) is 11.3. The van der Waals surface area contributed by atoms with Crippen LogP contribution in [0.2, 0.25) is 0 Å². The van der Waals surface area contributed by atoms with E-state index in [-0.39, 0.29) is 30.8 Å². The minimum absolute atomic E-state index is 0.000557. The van der Waals surface area contributed by atoms with Gasteiger partial charge >= 0.3 is 5.97 Å². The first-order valence-corrected chi connectivity index (χ1v) is 7.92. The summed E-state index contributed by atoms with van der Waals surface area (Å²) in [6.45, 7) is 1.67. The quantitative estimate of drug-likeness (QED) is 0.761. The van der Waals surface area contributed by atoms with Crippen LogP contribution in [0.5, 0.6) is 0 Å². The van der Waals surface area contributed by atoms with E-state index in [2.05, 4.69) is 21.2 Å². The fourth-order valence-corrected chi connectivity index (χ4v) is 3.02. The summed E-state index contributed by atoms with van der Waals surface area (Å²) < 4.78 is 0.853. The lowest BCUT2D eigenvalue weighted by Gasteiger charge is -2.18. The zero-order valence-electron chi connectivity index (χ0n) is 11.8. The minimum Gasteiger partial charge on any atom is -0.481 e. The lowest BCUT2D eigenvalue weighted by atomic mass is 10.2. The Hall–Kier alpha value is -1.41.